The summed E-state index contributed by atoms with van der Waals surface area (Å²) in [4.78, 5) is 24.5. The van der Waals surface area contributed by atoms with E-state index >= 15 is 0 Å². The van der Waals surface area contributed by atoms with E-state index in [0.29, 0.717) is 30.0 Å². The molecule has 1 fully saturated rings. The fourth-order valence-corrected chi connectivity index (χ4v) is 5.09. The number of nitrogens with one attached hydrogen (secondary N) is 2. The second kappa shape index (κ2) is 8.85. The number of sulfonamides is 1. The van der Waals surface area contributed by atoms with E-state index in [1.807, 2.05) is 6.92 Å². The van der Waals surface area contributed by atoms with E-state index < -0.39 is 22.0 Å². The van der Waals surface area contributed by atoms with Crippen molar-refractivity contribution in [2.75, 3.05) is 24.3 Å². The number of carbonyl (C=O) groups is 2. The van der Waals surface area contributed by atoms with Gasteiger partial charge in [0, 0.05) is 19.2 Å². The van der Waals surface area contributed by atoms with Crippen molar-refractivity contribution in [1.29, 1.82) is 0 Å². The van der Waals surface area contributed by atoms with Gasteiger partial charge in [-0.2, -0.15) is 4.31 Å². The molecular formula is C21H25N3O5S. The highest BCUT2D eigenvalue weighted by Crippen LogP contribution is 2.31. The number of methoxy groups -OCH3 is 1. The number of amides is 2. The summed E-state index contributed by atoms with van der Waals surface area (Å²) in [5, 5.41) is 5.40. The minimum Gasteiger partial charge on any atom is -0.495 e. The van der Waals surface area contributed by atoms with Crippen molar-refractivity contribution in [3.63, 3.8) is 0 Å². The monoisotopic (exact) mass is 431 g/mol. The van der Waals surface area contributed by atoms with Gasteiger partial charge >= 0.3 is 0 Å². The maximum absolute atomic E-state index is 13.1. The Hall–Kier alpha value is -2.91. The minimum absolute atomic E-state index is 0.165. The summed E-state index contributed by atoms with van der Waals surface area (Å²) in [6.45, 7) is 3.54. The SMILES string of the molecule is COc1ccc(NC(C)=O)cc1NC(=O)C1CCCN1S(=O)(=O)c1ccc(C)cc1. The summed E-state index contributed by atoms with van der Waals surface area (Å²) >= 11 is 0. The Morgan fingerprint density at radius 3 is 2.43 bits per heavy atom. The molecule has 2 aromatic carbocycles. The van der Waals surface area contributed by atoms with Gasteiger partial charge < -0.3 is 15.4 Å². The third-order valence-electron chi connectivity index (χ3n) is 4.91. The molecule has 2 N–H and O–H groups in total. The molecule has 1 heterocycles. The summed E-state index contributed by atoms with van der Waals surface area (Å²) in [5.74, 6) is -0.284. The maximum Gasteiger partial charge on any atom is 0.243 e. The van der Waals surface area contributed by atoms with Crippen molar-refractivity contribution in [2.24, 2.45) is 0 Å². The van der Waals surface area contributed by atoms with E-state index in [1.165, 1.54) is 18.3 Å². The molecule has 0 aliphatic carbocycles. The molecule has 0 saturated carbocycles. The van der Waals surface area contributed by atoms with Crippen molar-refractivity contribution in [3.05, 3.63) is 48.0 Å². The highest BCUT2D eigenvalue weighted by molar-refractivity contribution is 7.89. The number of rotatable bonds is 6. The number of anilines is 2. The maximum atomic E-state index is 13.1. The molecular weight excluding hydrogens is 406 g/mol. The van der Waals surface area contributed by atoms with Crippen LogP contribution in [0.1, 0.15) is 25.3 Å². The molecule has 0 aromatic heterocycles. The van der Waals surface area contributed by atoms with Gasteiger partial charge in [-0.25, -0.2) is 8.42 Å². The lowest BCUT2D eigenvalue weighted by Crippen LogP contribution is -2.43. The molecule has 9 heteroatoms. The van der Waals surface area contributed by atoms with Gasteiger partial charge in [0.2, 0.25) is 21.8 Å². The van der Waals surface area contributed by atoms with E-state index in [4.69, 9.17) is 4.74 Å². The Morgan fingerprint density at radius 1 is 1.10 bits per heavy atom. The molecule has 160 valence electrons. The Morgan fingerprint density at radius 2 is 1.80 bits per heavy atom. The zero-order valence-corrected chi connectivity index (χ0v) is 18.0. The van der Waals surface area contributed by atoms with Crippen LogP contribution >= 0.6 is 0 Å². The van der Waals surface area contributed by atoms with E-state index in [-0.39, 0.29) is 17.3 Å². The van der Waals surface area contributed by atoms with Gasteiger partial charge in [-0.15, -0.1) is 0 Å². The lowest BCUT2D eigenvalue weighted by Gasteiger charge is -2.24. The first-order chi connectivity index (χ1) is 14.2. The summed E-state index contributed by atoms with van der Waals surface area (Å²) < 4.78 is 32.7. The number of carbonyl (C=O) groups excluding carboxylic acids is 2. The van der Waals surface area contributed by atoms with Crippen LogP contribution in [0.15, 0.2) is 47.4 Å². The zero-order valence-electron chi connectivity index (χ0n) is 17.1. The first-order valence-electron chi connectivity index (χ1n) is 9.57. The Bertz CT molecular complexity index is 1050. The van der Waals surface area contributed by atoms with E-state index in [9.17, 15) is 18.0 Å². The highest BCUT2D eigenvalue weighted by Gasteiger charge is 2.39. The second-order valence-corrected chi connectivity index (χ2v) is 9.06. The molecule has 1 aliphatic heterocycles. The molecule has 0 spiro atoms. The summed E-state index contributed by atoms with van der Waals surface area (Å²) in [6.07, 6.45) is 1.01. The third kappa shape index (κ3) is 4.63. The first kappa shape index (κ1) is 21.8. The van der Waals surface area contributed by atoms with E-state index in [0.717, 1.165) is 5.56 Å². The number of hydrogen-bond donors (Lipinski definition) is 2. The standard InChI is InChI=1S/C21H25N3O5S/c1-14-6-9-17(10-7-14)30(27,28)24-12-4-5-19(24)21(26)23-18-13-16(22-15(2)25)8-11-20(18)29-3/h6-11,13,19H,4-5,12H2,1-3H3,(H,22,25)(H,23,26). The topological polar surface area (TPSA) is 105 Å². The van der Waals surface area contributed by atoms with E-state index in [2.05, 4.69) is 10.6 Å². The Balaban J connectivity index is 1.84. The average Bonchev–Trinajstić information content (AvgIpc) is 3.19. The van der Waals surface area contributed by atoms with Crippen LogP contribution in [0.4, 0.5) is 11.4 Å². The van der Waals surface area contributed by atoms with Crippen molar-refractivity contribution >= 4 is 33.2 Å². The lowest BCUT2D eigenvalue weighted by molar-refractivity contribution is -0.119. The van der Waals surface area contributed by atoms with Crippen molar-refractivity contribution in [1.82, 2.24) is 4.31 Å². The summed E-state index contributed by atoms with van der Waals surface area (Å²) in [6, 6.07) is 10.6. The van der Waals surface area contributed by atoms with Crippen LogP contribution in [0.2, 0.25) is 0 Å². The molecule has 3 rings (SSSR count). The van der Waals surface area contributed by atoms with Crippen LogP contribution < -0.4 is 15.4 Å². The van der Waals surface area contributed by atoms with Gasteiger partial charge in [-0.3, -0.25) is 9.59 Å². The van der Waals surface area contributed by atoms with Crippen molar-refractivity contribution < 1.29 is 22.7 Å². The van der Waals surface area contributed by atoms with Crippen molar-refractivity contribution in [3.8, 4) is 5.75 Å². The van der Waals surface area contributed by atoms with Crippen molar-refractivity contribution in [2.45, 2.75) is 37.6 Å². The number of ether oxygens (including phenoxy) is 1. The van der Waals surface area contributed by atoms with Gasteiger partial charge in [0.1, 0.15) is 11.8 Å². The van der Waals surface area contributed by atoms with Gasteiger partial charge in [0.25, 0.3) is 0 Å². The van der Waals surface area contributed by atoms with Gasteiger partial charge in [-0.05, 0) is 50.1 Å². The molecule has 0 bridgehead atoms. The molecule has 1 unspecified atom stereocenters. The van der Waals surface area contributed by atoms with Crippen LogP contribution in [-0.4, -0.2) is 44.2 Å². The number of hydrogen-bond acceptors (Lipinski definition) is 5. The van der Waals surface area contributed by atoms with Crippen LogP contribution in [0.5, 0.6) is 5.75 Å². The smallest absolute Gasteiger partial charge is 0.243 e. The summed E-state index contributed by atoms with van der Waals surface area (Å²) in [7, 11) is -2.33. The number of aryl methyl sites for hydroxylation is 1. The second-order valence-electron chi connectivity index (χ2n) is 7.17. The zero-order chi connectivity index (χ0) is 21.9. The number of benzene rings is 2. The minimum atomic E-state index is -3.80. The fraction of sp³-hybridized carbons (Fsp3) is 0.333. The van der Waals surface area contributed by atoms with Gasteiger partial charge in [-0.1, -0.05) is 17.7 Å². The Kier molecular flexibility index (Phi) is 6.42. The largest absolute Gasteiger partial charge is 0.495 e. The molecule has 30 heavy (non-hydrogen) atoms. The lowest BCUT2D eigenvalue weighted by atomic mass is 10.2. The third-order valence-corrected chi connectivity index (χ3v) is 6.83. The van der Waals surface area contributed by atoms with E-state index in [1.54, 1.807) is 42.5 Å². The average molecular weight is 432 g/mol. The van der Waals surface area contributed by atoms with Crippen LogP contribution in [-0.2, 0) is 19.6 Å². The number of nitrogens with zero attached hydrogens (tertiary/aromatic N) is 1. The quantitative estimate of drug-likeness (QED) is 0.732. The predicted octanol–water partition coefficient (Wildman–Crippen LogP) is 2.75. The molecule has 8 nitrogen and oxygen atoms in total. The molecule has 1 aliphatic rings. The highest BCUT2D eigenvalue weighted by atomic mass is 32.2. The first-order valence-corrected chi connectivity index (χ1v) is 11.0. The Labute approximate surface area is 176 Å². The van der Waals surface area contributed by atoms with Crippen LogP contribution in [0.25, 0.3) is 0 Å². The molecule has 2 amide bonds. The normalized spacial score (nSPS) is 16.8. The van der Waals surface area contributed by atoms with Gasteiger partial charge in [0.05, 0.1) is 17.7 Å². The van der Waals surface area contributed by atoms with Gasteiger partial charge in [0.15, 0.2) is 0 Å². The predicted molar refractivity (Wildman–Crippen MR) is 114 cm³/mol. The molecule has 1 atom stereocenters. The summed E-state index contributed by atoms with van der Waals surface area (Å²) in [5.41, 5.74) is 1.80. The van der Waals surface area contributed by atoms with Crippen LogP contribution in [0, 0.1) is 6.92 Å². The molecule has 2 aromatic rings. The molecule has 1 saturated heterocycles. The molecule has 0 radical (unpaired) electrons. The fourth-order valence-electron chi connectivity index (χ4n) is 3.44. The van der Waals surface area contributed by atoms with Crippen LogP contribution in [0.3, 0.4) is 0 Å².